The second-order valence-corrected chi connectivity index (χ2v) is 6.40. The van der Waals surface area contributed by atoms with Gasteiger partial charge in [0.2, 0.25) is 0 Å². The van der Waals surface area contributed by atoms with Gasteiger partial charge in [-0.05, 0) is 51.5 Å². The molecule has 0 radical (unpaired) electrons. The molecular weight excluding hydrogens is 346 g/mol. The first-order valence-corrected chi connectivity index (χ1v) is 8.02. The van der Waals surface area contributed by atoms with Crippen molar-refractivity contribution in [3.8, 4) is 0 Å². The van der Waals surface area contributed by atoms with Crippen LogP contribution in [0.15, 0.2) is 34.8 Å². The van der Waals surface area contributed by atoms with Gasteiger partial charge in [0.15, 0.2) is 6.61 Å². The highest BCUT2D eigenvalue weighted by molar-refractivity contribution is 9.10. The molecule has 0 unspecified atom stereocenters. The van der Waals surface area contributed by atoms with E-state index in [1.54, 1.807) is 11.0 Å². The van der Waals surface area contributed by atoms with E-state index in [0.717, 1.165) is 10.0 Å². The molecule has 0 saturated heterocycles. The minimum absolute atomic E-state index is 0.0726. The van der Waals surface area contributed by atoms with Crippen LogP contribution >= 0.6 is 15.9 Å². The topological polar surface area (TPSA) is 46.6 Å². The van der Waals surface area contributed by atoms with Crippen LogP contribution in [0.25, 0.3) is 6.08 Å². The highest BCUT2D eigenvalue weighted by atomic mass is 79.9. The van der Waals surface area contributed by atoms with Crippen LogP contribution in [0.5, 0.6) is 0 Å². The molecule has 22 heavy (non-hydrogen) atoms. The summed E-state index contributed by atoms with van der Waals surface area (Å²) in [5, 5.41) is 0. The number of carbonyl (C=O) groups excluding carboxylic acids is 2. The maximum absolute atomic E-state index is 12.1. The molecule has 0 N–H and O–H groups in total. The van der Waals surface area contributed by atoms with Gasteiger partial charge in [0.25, 0.3) is 5.91 Å². The molecule has 0 atom stereocenters. The normalized spacial score (nSPS) is 11.2. The summed E-state index contributed by atoms with van der Waals surface area (Å²) in [5.41, 5.74) is 0.878. The Kier molecular flexibility index (Phi) is 7.32. The van der Waals surface area contributed by atoms with E-state index in [1.807, 2.05) is 52.0 Å². The van der Waals surface area contributed by atoms with Crippen molar-refractivity contribution in [2.24, 2.45) is 0 Å². The van der Waals surface area contributed by atoms with Gasteiger partial charge in [-0.1, -0.05) is 28.1 Å². The van der Waals surface area contributed by atoms with Gasteiger partial charge < -0.3 is 9.64 Å². The molecule has 1 aromatic carbocycles. The molecule has 1 amide bonds. The molecule has 1 rings (SSSR count). The third kappa shape index (κ3) is 6.02. The Bertz CT molecular complexity index is 545. The van der Waals surface area contributed by atoms with E-state index >= 15 is 0 Å². The van der Waals surface area contributed by atoms with Crippen molar-refractivity contribution in [3.05, 3.63) is 40.4 Å². The van der Waals surface area contributed by atoms with Gasteiger partial charge in [-0.15, -0.1) is 0 Å². The smallest absolute Gasteiger partial charge is 0.331 e. The lowest BCUT2D eigenvalue weighted by atomic mass is 10.2. The Morgan fingerprint density at radius 2 is 1.86 bits per heavy atom. The zero-order valence-electron chi connectivity index (χ0n) is 13.4. The average Bonchev–Trinajstić information content (AvgIpc) is 2.42. The molecule has 0 bridgehead atoms. The quantitative estimate of drug-likeness (QED) is 0.569. The first-order chi connectivity index (χ1) is 10.3. The Labute approximate surface area is 140 Å². The van der Waals surface area contributed by atoms with Crippen LogP contribution in [-0.2, 0) is 14.3 Å². The standard InChI is InChI=1S/C17H22BrNO3/c1-12(2)19(13(3)4)16(20)11-22-17(21)9-8-14-6-5-7-15(18)10-14/h5-10,12-13H,11H2,1-4H3. The van der Waals surface area contributed by atoms with Crippen molar-refractivity contribution in [1.82, 2.24) is 4.90 Å². The summed E-state index contributed by atoms with van der Waals surface area (Å²) in [7, 11) is 0. The maximum atomic E-state index is 12.1. The van der Waals surface area contributed by atoms with E-state index in [-0.39, 0.29) is 24.6 Å². The van der Waals surface area contributed by atoms with Crippen LogP contribution in [-0.4, -0.2) is 35.5 Å². The van der Waals surface area contributed by atoms with Gasteiger partial charge in [0, 0.05) is 22.6 Å². The highest BCUT2D eigenvalue weighted by Crippen LogP contribution is 2.12. The fraction of sp³-hybridized carbons (Fsp3) is 0.412. The SMILES string of the molecule is CC(C)N(C(=O)COC(=O)C=Cc1cccc(Br)c1)C(C)C. The van der Waals surface area contributed by atoms with Crippen molar-refractivity contribution in [2.75, 3.05) is 6.61 Å². The Hall–Kier alpha value is -1.62. The van der Waals surface area contributed by atoms with Gasteiger partial charge in [0.05, 0.1) is 0 Å². The minimum Gasteiger partial charge on any atom is -0.452 e. The van der Waals surface area contributed by atoms with Gasteiger partial charge in [-0.2, -0.15) is 0 Å². The van der Waals surface area contributed by atoms with E-state index in [4.69, 9.17) is 4.74 Å². The number of hydrogen-bond donors (Lipinski definition) is 0. The lowest BCUT2D eigenvalue weighted by molar-refractivity contribution is -0.150. The summed E-state index contributed by atoms with van der Waals surface area (Å²) >= 11 is 3.36. The van der Waals surface area contributed by atoms with Gasteiger partial charge >= 0.3 is 5.97 Å². The second kappa shape index (κ2) is 8.73. The van der Waals surface area contributed by atoms with Crippen molar-refractivity contribution < 1.29 is 14.3 Å². The molecule has 0 aromatic heterocycles. The van der Waals surface area contributed by atoms with E-state index in [9.17, 15) is 9.59 Å². The van der Waals surface area contributed by atoms with Gasteiger partial charge in [0.1, 0.15) is 0 Å². The molecule has 0 aliphatic rings. The molecule has 0 heterocycles. The molecule has 4 nitrogen and oxygen atoms in total. The highest BCUT2D eigenvalue weighted by Gasteiger charge is 2.20. The zero-order chi connectivity index (χ0) is 16.7. The van der Waals surface area contributed by atoms with Crippen molar-refractivity contribution >= 4 is 33.9 Å². The predicted octanol–water partition coefficient (Wildman–Crippen LogP) is 3.65. The monoisotopic (exact) mass is 367 g/mol. The molecule has 0 aliphatic heterocycles. The molecule has 0 saturated carbocycles. The molecule has 0 aliphatic carbocycles. The fourth-order valence-corrected chi connectivity index (χ4v) is 2.62. The molecule has 0 fully saturated rings. The second-order valence-electron chi connectivity index (χ2n) is 5.48. The summed E-state index contributed by atoms with van der Waals surface area (Å²) in [6.07, 6.45) is 2.98. The molecule has 5 heteroatoms. The van der Waals surface area contributed by atoms with Gasteiger partial charge in [-0.25, -0.2) is 4.79 Å². The van der Waals surface area contributed by atoms with E-state index in [2.05, 4.69) is 15.9 Å². The van der Waals surface area contributed by atoms with Crippen molar-refractivity contribution in [3.63, 3.8) is 0 Å². The number of ether oxygens (including phenoxy) is 1. The van der Waals surface area contributed by atoms with Crippen LogP contribution in [0, 0.1) is 0 Å². The van der Waals surface area contributed by atoms with E-state index in [1.165, 1.54) is 6.08 Å². The molecule has 120 valence electrons. The summed E-state index contributed by atoms with van der Waals surface area (Å²) in [5.74, 6) is -0.713. The van der Waals surface area contributed by atoms with Crippen LogP contribution in [0.2, 0.25) is 0 Å². The summed E-state index contributed by atoms with van der Waals surface area (Å²) in [6, 6.07) is 7.68. The lowest BCUT2D eigenvalue weighted by Crippen LogP contribution is -2.44. The maximum Gasteiger partial charge on any atom is 0.331 e. The third-order valence-corrected chi connectivity index (χ3v) is 3.49. The van der Waals surface area contributed by atoms with Crippen molar-refractivity contribution in [1.29, 1.82) is 0 Å². The molecular formula is C17H22BrNO3. The number of rotatable bonds is 6. The van der Waals surface area contributed by atoms with Crippen LogP contribution in [0.1, 0.15) is 33.3 Å². The number of carbonyl (C=O) groups is 2. The number of amides is 1. The molecule has 0 spiro atoms. The lowest BCUT2D eigenvalue weighted by Gasteiger charge is -2.30. The largest absolute Gasteiger partial charge is 0.452 e. The number of benzene rings is 1. The Morgan fingerprint density at radius 1 is 1.23 bits per heavy atom. The number of nitrogens with zero attached hydrogens (tertiary/aromatic N) is 1. The minimum atomic E-state index is -0.527. The van der Waals surface area contributed by atoms with Crippen LogP contribution in [0.3, 0.4) is 0 Å². The van der Waals surface area contributed by atoms with Crippen LogP contribution in [0.4, 0.5) is 0 Å². The summed E-state index contributed by atoms with van der Waals surface area (Å²) < 4.78 is 5.94. The number of hydrogen-bond acceptors (Lipinski definition) is 3. The predicted molar refractivity (Wildman–Crippen MR) is 91.3 cm³/mol. The molecule has 1 aromatic rings. The van der Waals surface area contributed by atoms with Crippen LogP contribution < -0.4 is 0 Å². The number of halogens is 1. The summed E-state index contributed by atoms with van der Waals surface area (Å²) in [6.45, 7) is 7.51. The Balaban J connectivity index is 2.54. The van der Waals surface area contributed by atoms with E-state index < -0.39 is 5.97 Å². The first-order valence-electron chi connectivity index (χ1n) is 7.23. The summed E-state index contributed by atoms with van der Waals surface area (Å²) in [4.78, 5) is 25.4. The average molecular weight is 368 g/mol. The van der Waals surface area contributed by atoms with E-state index in [0.29, 0.717) is 0 Å². The third-order valence-electron chi connectivity index (χ3n) is 3.00. The number of esters is 1. The first kappa shape index (κ1) is 18.4. The zero-order valence-corrected chi connectivity index (χ0v) is 15.0. The fourth-order valence-electron chi connectivity index (χ4n) is 2.20. The Morgan fingerprint density at radius 3 is 2.41 bits per heavy atom. The van der Waals surface area contributed by atoms with Gasteiger partial charge in [-0.3, -0.25) is 4.79 Å². The van der Waals surface area contributed by atoms with Crippen molar-refractivity contribution in [2.45, 2.75) is 39.8 Å².